The number of nitrogens with two attached hydrogens (primary N) is 1. The lowest BCUT2D eigenvalue weighted by atomic mass is 10.0. The number of nitrogens with zero attached hydrogens (tertiary/aromatic N) is 3. The summed E-state index contributed by atoms with van der Waals surface area (Å²) in [6, 6.07) is 20.0. The highest BCUT2D eigenvalue weighted by molar-refractivity contribution is 7.89. The predicted octanol–water partition coefficient (Wildman–Crippen LogP) is 4.99. The van der Waals surface area contributed by atoms with Crippen molar-refractivity contribution in [1.82, 2.24) is 14.6 Å². The second kappa shape index (κ2) is 14.1. The number of amidine groups is 1. The van der Waals surface area contributed by atoms with Crippen LogP contribution >= 0.6 is 11.3 Å². The summed E-state index contributed by atoms with van der Waals surface area (Å²) in [4.78, 5) is 34.6. The molecule has 248 valence electrons. The van der Waals surface area contributed by atoms with Crippen LogP contribution in [-0.4, -0.2) is 61.5 Å². The van der Waals surface area contributed by atoms with Crippen molar-refractivity contribution >= 4 is 49.5 Å². The van der Waals surface area contributed by atoms with Crippen LogP contribution in [-0.2, 0) is 30.8 Å². The van der Waals surface area contributed by atoms with E-state index in [0.717, 1.165) is 10.3 Å². The van der Waals surface area contributed by atoms with Crippen LogP contribution in [0.3, 0.4) is 0 Å². The third-order valence-electron chi connectivity index (χ3n) is 7.06. The molecular formula is C33H37N5O7S2. The predicted molar refractivity (Wildman–Crippen MR) is 179 cm³/mol. The highest BCUT2D eigenvalue weighted by Gasteiger charge is 2.34. The van der Waals surface area contributed by atoms with Crippen molar-refractivity contribution < 1.29 is 32.3 Å². The molecule has 2 heterocycles. The quantitative estimate of drug-likeness (QED) is 0.0963. The summed E-state index contributed by atoms with van der Waals surface area (Å²) in [6.07, 6.45) is -0.0742. The van der Waals surface area contributed by atoms with Crippen molar-refractivity contribution in [3.05, 3.63) is 88.9 Å². The van der Waals surface area contributed by atoms with Gasteiger partial charge >= 0.3 is 12.1 Å². The third kappa shape index (κ3) is 9.05. The van der Waals surface area contributed by atoms with Crippen molar-refractivity contribution in [2.45, 2.75) is 50.7 Å². The second-order valence-electron chi connectivity index (χ2n) is 12.2. The fourth-order valence-electron chi connectivity index (χ4n) is 4.82. The van der Waals surface area contributed by atoms with Gasteiger partial charge in [0.1, 0.15) is 16.4 Å². The molecule has 1 aliphatic rings. The second-order valence-corrected chi connectivity index (χ2v) is 15.0. The number of carbonyl (C=O) groups excluding carboxylic acids is 2. The Bertz CT molecular complexity index is 1880. The number of thiazole rings is 1. The largest absolute Gasteiger partial charge is 0.493 e. The van der Waals surface area contributed by atoms with Crippen LogP contribution in [0.1, 0.15) is 49.9 Å². The first-order chi connectivity index (χ1) is 22.3. The molecule has 1 amide bonds. The molecule has 0 aliphatic carbocycles. The standard InChI is InChI=1S/C33H37N5O7S2/c1-21(39)45-36-30(34)24-10-8-9-22(15-24)16-28(37-47(41,42)26-11-6-5-7-12-26)31-35-27-14-13-25(17-29(27)46-31)43-20-23-18-38(19-23)32(40)44-33(2,3)4/h5-15,17,23,28,37H,16,18-20H2,1-4H3,(H2,34,36). The SMILES string of the molecule is CC(=O)ON=C(N)c1cccc(CC(NS(=O)(=O)c2ccccc2)c2nc3ccc(OCC4CN(C(=O)OC(C)(C)C)C4)cc3s2)c1. The maximum absolute atomic E-state index is 13.4. The number of hydrogen-bond acceptors (Lipinski definition) is 10. The average molecular weight is 680 g/mol. The van der Waals surface area contributed by atoms with E-state index in [1.54, 1.807) is 41.3 Å². The van der Waals surface area contributed by atoms with Gasteiger partial charge in [-0.2, -0.15) is 0 Å². The van der Waals surface area contributed by atoms with Crippen molar-refractivity contribution in [2.24, 2.45) is 16.8 Å². The van der Waals surface area contributed by atoms with Gasteiger partial charge in [0.25, 0.3) is 0 Å². The molecule has 0 radical (unpaired) electrons. The molecule has 0 bridgehead atoms. The number of sulfonamides is 1. The van der Waals surface area contributed by atoms with Crippen LogP contribution in [0.5, 0.6) is 5.75 Å². The van der Waals surface area contributed by atoms with E-state index in [0.29, 0.717) is 41.5 Å². The maximum atomic E-state index is 13.4. The number of rotatable bonds is 11. The first kappa shape index (κ1) is 33.8. The zero-order valence-corrected chi connectivity index (χ0v) is 28.1. The molecule has 47 heavy (non-hydrogen) atoms. The molecule has 1 unspecified atom stereocenters. The van der Waals surface area contributed by atoms with Gasteiger partial charge in [0, 0.05) is 31.5 Å². The Kier molecular flexibility index (Phi) is 10.1. The van der Waals surface area contributed by atoms with Gasteiger partial charge in [-0.15, -0.1) is 11.3 Å². The number of fused-ring (bicyclic) bond motifs is 1. The Morgan fingerprint density at radius 2 is 1.83 bits per heavy atom. The van der Waals surface area contributed by atoms with E-state index in [2.05, 4.69) is 14.7 Å². The zero-order chi connectivity index (χ0) is 33.8. The van der Waals surface area contributed by atoms with Gasteiger partial charge in [0.05, 0.1) is 27.8 Å². The molecule has 4 aromatic rings. The van der Waals surface area contributed by atoms with E-state index in [-0.39, 0.29) is 29.2 Å². The van der Waals surface area contributed by atoms with Crippen LogP contribution < -0.4 is 15.2 Å². The third-order valence-corrected chi connectivity index (χ3v) is 9.67. The molecule has 3 aromatic carbocycles. The number of aromatic nitrogens is 1. The molecule has 0 spiro atoms. The lowest BCUT2D eigenvalue weighted by molar-refractivity contribution is -0.140. The van der Waals surface area contributed by atoms with Crippen molar-refractivity contribution in [1.29, 1.82) is 0 Å². The lowest BCUT2D eigenvalue weighted by Gasteiger charge is -2.39. The lowest BCUT2D eigenvalue weighted by Crippen LogP contribution is -2.53. The summed E-state index contributed by atoms with van der Waals surface area (Å²) in [6.45, 7) is 8.31. The van der Waals surface area contributed by atoms with E-state index in [9.17, 15) is 18.0 Å². The molecule has 1 fully saturated rings. The Balaban J connectivity index is 1.34. The Labute approximate surface area is 277 Å². The van der Waals surface area contributed by atoms with E-state index < -0.39 is 27.6 Å². The zero-order valence-electron chi connectivity index (χ0n) is 26.5. The number of ether oxygens (including phenoxy) is 2. The molecule has 5 rings (SSSR count). The smallest absolute Gasteiger partial charge is 0.410 e. The summed E-state index contributed by atoms with van der Waals surface area (Å²) in [7, 11) is -3.90. The van der Waals surface area contributed by atoms with Gasteiger partial charge in [-0.3, -0.25) is 0 Å². The van der Waals surface area contributed by atoms with Crippen molar-refractivity contribution in [3.8, 4) is 5.75 Å². The monoisotopic (exact) mass is 679 g/mol. The summed E-state index contributed by atoms with van der Waals surface area (Å²) in [5.41, 5.74) is 7.44. The first-order valence-corrected chi connectivity index (χ1v) is 17.2. The van der Waals surface area contributed by atoms with Gasteiger partial charge in [0.15, 0.2) is 5.84 Å². The van der Waals surface area contributed by atoms with E-state index in [4.69, 9.17) is 20.2 Å². The molecule has 1 saturated heterocycles. The van der Waals surface area contributed by atoms with E-state index in [1.165, 1.54) is 30.4 Å². The summed E-state index contributed by atoms with van der Waals surface area (Å²) in [5, 5.41) is 4.22. The Morgan fingerprint density at radius 3 is 2.53 bits per heavy atom. The van der Waals surface area contributed by atoms with Crippen molar-refractivity contribution in [3.63, 3.8) is 0 Å². The topological polar surface area (TPSA) is 163 Å². The highest BCUT2D eigenvalue weighted by atomic mass is 32.2. The molecule has 1 aliphatic heterocycles. The van der Waals surface area contributed by atoms with Gasteiger partial charge in [0.2, 0.25) is 10.0 Å². The van der Waals surface area contributed by atoms with Gasteiger partial charge in [-0.1, -0.05) is 41.6 Å². The maximum Gasteiger partial charge on any atom is 0.410 e. The summed E-state index contributed by atoms with van der Waals surface area (Å²) >= 11 is 1.37. The number of likely N-dealkylation sites (tertiary alicyclic amines) is 1. The first-order valence-electron chi connectivity index (χ1n) is 14.9. The van der Waals surface area contributed by atoms with Crippen LogP contribution in [0.4, 0.5) is 4.79 Å². The number of hydrogen-bond donors (Lipinski definition) is 2. The molecule has 0 saturated carbocycles. The minimum atomic E-state index is -3.90. The number of benzene rings is 3. The van der Waals surface area contributed by atoms with E-state index >= 15 is 0 Å². The number of oxime groups is 1. The highest BCUT2D eigenvalue weighted by Crippen LogP contribution is 2.32. The Hall–Kier alpha value is -4.53. The fourth-order valence-corrected chi connectivity index (χ4v) is 7.16. The number of carbonyl (C=O) groups is 2. The van der Waals surface area contributed by atoms with Gasteiger partial charge in [-0.25, -0.2) is 27.7 Å². The van der Waals surface area contributed by atoms with Crippen molar-refractivity contribution in [2.75, 3.05) is 19.7 Å². The normalized spacial score (nSPS) is 14.8. The van der Waals surface area contributed by atoms with Gasteiger partial charge in [-0.05, 0) is 69.2 Å². The molecular weight excluding hydrogens is 643 g/mol. The van der Waals surface area contributed by atoms with Gasteiger partial charge < -0.3 is 24.9 Å². The molecule has 1 atom stereocenters. The Morgan fingerprint density at radius 1 is 1.09 bits per heavy atom. The van der Waals surface area contributed by atoms with Crippen LogP contribution in [0.25, 0.3) is 10.2 Å². The average Bonchev–Trinajstić information content (AvgIpc) is 3.42. The molecule has 1 aromatic heterocycles. The molecule has 14 heteroatoms. The fraction of sp³-hybridized carbons (Fsp3) is 0.333. The van der Waals surface area contributed by atoms with Crippen LogP contribution in [0.2, 0.25) is 0 Å². The molecule has 12 nitrogen and oxygen atoms in total. The summed E-state index contributed by atoms with van der Waals surface area (Å²) < 4.78 is 42.0. The number of nitrogens with one attached hydrogen (secondary N) is 1. The number of amides is 1. The minimum Gasteiger partial charge on any atom is -0.493 e. The van der Waals surface area contributed by atoms with Crippen LogP contribution in [0.15, 0.2) is 82.8 Å². The molecule has 3 N–H and O–H groups in total. The minimum absolute atomic E-state index is 0.00966. The van der Waals surface area contributed by atoms with E-state index in [1.807, 2.05) is 45.0 Å². The van der Waals surface area contributed by atoms with Crippen LogP contribution in [0, 0.1) is 5.92 Å². The summed E-state index contributed by atoms with van der Waals surface area (Å²) in [5.74, 6) is 0.253.